The zero-order chi connectivity index (χ0) is 23.1. The lowest BCUT2D eigenvalue weighted by Crippen LogP contribution is -2.42. The molecule has 1 aliphatic heterocycles. The Morgan fingerprint density at radius 3 is 2.42 bits per heavy atom. The van der Waals surface area contributed by atoms with E-state index in [0.29, 0.717) is 18.5 Å². The van der Waals surface area contributed by atoms with E-state index in [4.69, 9.17) is 5.10 Å². The quantitative estimate of drug-likeness (QED) is 0.461. The molecule has 1 amide bonds. The van der Waals surface area contributed by atoms with Crippen LogP contribution in [-0.4, -0.2) is 27.1 Å². The second kappa shape index (κ2) is 8.32. The first-order chi connectivity index (χ1) is 15.9. The fourth-order valence-corrected chi connectivity index (χ4v) is 4.71. The van der Waals surface area contributed by atoms with Gasteiger partial charge in [0.2, 0.25) is 5.91 Å². The Kier molecular flexibility index (Phi) is 5.33. The molecule has 1 atom stereocenters. The third-order valence-corrected chi connectivity index (χ3v) is 6.64. The number of benzene rings is 3. The Morgan fingerprint density at radius 2 is 1.64 bits per heavy atom. The molecule has 1 aromatic heterocycles. The Hall–Kier alpha value is -3.73. The van der Waals surface area contributed by atoms with Gasteiger partial charge in [0, 0.05) is 24.0 Å². The van der Waals surface area contributed by atoms with Crippen LogP contribution in [0.2, 0.25) is 0 Å². The number of rotatable bonds is 3. The number of carbonyl (C=O) groups excluding carboxylic acids is 1. The molecule has 4 aromatic rings. The number of fused-ring (bicyclic) bond motifs is 2. The van der Waals surface area contributed by atoms with Gasteiger partial charge in [-0.05, 0) is 56.0 Å². The highest BCUT2D eigenvalue weighted by Gasteiger charge is 2.28. The van der Waals surface area contributed by atoms with Crippen LogP contribution >= 0.6 is 0 Å². The highest BCUT2D eigenvalue weighted by Crippen LogP contribution is 2.29. The van der Waals surface area contributed by atoms with Crippen LogP contribution in [0.25, 0.3) is 22.0 Å². The summed E-state index contributed by atoms with van der Waals surface area (Å²) in [5.41, 5.74) is 6.12. The third-order valence-electron chi connectivity index (χ3n) is 6.64. The van der Waals surface area contributed by atoms with E-state index in [0.717, 1.165) is 34.2 Å². The number of aryl methyl sites for hydroxylation is 2. The first kappa shape index (κ1) is 21.1. The van der Waals surface area contributed by atoms with Crippen LogP contribution in [0.3, 0.4) is 0 Å². The van der Waals surface area contributed by atoms with Gasteiger partial charge in [0.05, 0.1) is 11.1 Å². The van der Waals surface area contributed by atoms with Gasteiger partial charge in [0.1, 0.15) is 6.04 Å². The van der Waals surface area contributed by atoms with Crippen molar-refractivity contribution in [3.05, 3.63) is 99.3 Å². The van der Waals surface area contributed by atoms with Gasteiger partial charge < -0.3 is 4.90 Å². The van der Waals surface area contributed by atoms with Crippen LogP contribution in [0.15, 0.2) is 71.5 Å². The Labute approximate surface area is 193 Å². The standard InChI is InChI=1S/C28H27N3O2/c1-18-12-13-19(2)25(16-18)26-23-10-6-7-11-24(23)28(33)31(29-26)20(3)27(32)30-15-14-21-8-4-5-9-22(21)17-30/h4-13,16,20H,14-15,17H2,1-3H3/t20-/m0/s1. The molecule has 33 heavy (non-hydrogen) atoms. The van der Waals surface area contributed by atoms with Gasteiger partial charge >= 0.3 is 0 Å². The molecule has 0 saturated carbocycles. The minimum absolute atomic E-state index is 0.0821. The van der Waals surface area contributed by atoms with Crippen LogP contribution < -0.4 is 5.56 Å². The molecule has 0 saturated heterocycles. The molecule has 0 radical (unpaired) electrons. The number of hydrogen-bond donors (Lipinski definition) is 0. The maximum absolute atomic E-state index is 13.5. The highest BCUT2D eigenvalue weighted by molar-refractivity contribution is 5.94. The highest BCUT2D eigenvalue weighted by atomic mass is 16.2. The van der Waals surface area contributed by atoms with Crippen LogP contribution in [0.4, 0.5) is 0 Å². The van der Waals surface area contributed by atoms with Gasteiger partial charge in [-0.1, -0.05) is 60.2 Å². The van der Waals surface area contributed by atoms with E-state index in [-0.39, 0.29) is 11.5 Å². The summed E-state index contributed by atoms with van der Waals surface area (Å²) in [5, 5.41) is 6.17. The summed E-state index contributed by atoms with van der Waals surface area (Å²) >= 11 is 0. The molecule has 5 nitrogen and oxygen atoms in total. The van der Waals surface area contributed by atoms with Gasteiger partial charge in [0.25, 0.3) is 5.56 Å². The van der Waals surface area contributed by atoms with Crippen LogP contribution in [-0.2, 0) is 17.8 Å². The topological polar surface area (TPSA) is 55.2 Å². The van der Waals surface area contributed by atoms with E-state index in [1.165, 1.54) is 15.8 Å². The molecule has 5 rings (SSSR count). The average molecular weight is 438 g/mol. The number of carbonyl (C=O) groups is 1. The van der Waals surface area contributed by atoms with E-state index < -0.39 is 6.04 Å². The molecule has 0 unspecified atom stereocenters. The molecule has 5 heteroatoms. The SMILES string of the molecule is Cc1ccc(C)c(-c2nn([C@@H](C)C(=O)N3CCc4ccccc4C3)c(=O)c3ccccc23)c1. The van der Waals surface area contributed by atoms with Gasteiger partial charge in [-0.3, -0.25) is 9.59 Å². The van der Waals surface area contributed by atoms with Crippen molar-refractivity contribution in [1.82, 2.24) is 14.7 Å². The van der Waals surface area contributed by atoms with E-state index in [2.05, 4.69) is 30.3 Å². The molecular weight excluding hydrogens is 410 g/mol. The normalized spacial score (nSPS) is 14.2. The number of amides is 1. The lowest BCUT2D eigenvalue weighted by Gasteiger charge is -2.31. The zero-order valence-electron chi connectivity index (χ0n) is 19.2. The number of nitrogens with zero attached hydrogens (tertiary/aromatic N) is 3. The Morgan fingerprint density at radius 1 is 0.939 bits per heavy atom. The molecule has 0 spiro atoms. The van der Waals surface area contributed by atoms with Crippen molar-refractivity contribution in [1.29, 1.82) is 0 Å². The van der Waals surface area contributed by atoms with Crippen molar-refractivity contribution in [3.63, 3.8) is 0 Å². The van der Waals surface area contributed by atoms with E-state index >= 15 is 0 Å². The lowest BCUT2D eigenvalue weighted by molar-refractivity contribution is -0.135. The summed E-state index contributed by atoms with van der Waals surface area (Å²) < 4.78 is 1.38. The molecule has 0 N–H and O–H groups in total. The number of aromatic nitrogens is 2. The molecule has 0 fully saturated rings. The predicted molar refractivity (Wildman–Crippen MR) is 131 cm³/mol. The van der Waals surface area contributed by atoms with Gasteiger partial charge in [-0.25, -0.2) is 4.68 Å². The monoisotopic (exact) mass is 437 g/mol. The third kappa shape index (κ3) is 3.74. The summed E-state index contributed by atoms with van der Waals surface area (Å²) in [7, 11) is 0. The molecule has 0 aliphatic carbocycles. The zero-order valence-corrected chi connectivity index (χ0v) is 19.2. The molecule has 2 heterocycles. The molecule has 0 bridgehead atoms. The van der Waals surface area contributed by atoms with Crippen molar-refractivity contribution >= 4 is 16.7 Å². The first-order valence-electron chi connectivity index (χ1n) is 11.4. The summed E-state index contributed by atoms with van der Waals surface area (Å²) in [5.74, 6) is -0.0821. The molecule has 1 aliphatic rings. The summed E-state index contributed by atoms with van der Waals surface area (Å²) in [6, 6.07) is 21.3. The largest absolute Gasteiger partial charge is 0.336 e. The van der Waals surface area contributed by atoms with Crippen LogP contribution in [0.1, 0.15) is 35.2 Å². The van der Waals surface area contributed by atoms with Crippen molar-refractivity contribution in [2.24, 2.45) is 0 Å². The first-order valence-corrected chi connectivity index (χ1v) is 11.4. The van der Waals surface area contributed by atoms with Crippen molar-refractivity contribution in [2.75, 3.05) is 6.54 Å². The summed E-state index contributed by atoms with van der Waals surface area (Å²) in [6.07, 6.45) is 0.822. The lowest BCUT2D eigenvalue weighted by atomic mass is 9.98. The van der Waals surface area contributed by atoms with E-state index in [1.54, 1.807) is 6.92 Å². The molecular formula is C28H27N3O2. The maximum atomic E-state index is 13.5. The van der Waals surface area contributed by atoms with Crippen LogP contribution in [0.5, 0.6) is 0 Å². The van der Waals surface area contributed by atoms with Gasteiger partial charge in [-0.2, -0.15) is 5.10 Å². The van der Waals surface area contributed by atoms with Crippen molar-refractivity contribution in [3.8, 4) is 11.3 Å². The Bertz CT molecular complexity index is 1440. The van der Waals surface area contributed by atoms with Gasteiger partial charge in [-0.15, -0.1) is 0 Å². The summed E-state index contributed by atoms with van der Waals surface area (Å²) in [6.45, 7) is 7.07. The predicted octanol–water partition coefficient (Wildman–Crippen LogP) is 4.83. The smallest absolute Gasteiger partial charge is 0.275 e. The molecule has 3 aromatic carbocycles. The second-order valence-electron chi connectivity index (χ2n) is 8.92. The molecule has 166 valence electrons. The van der Waals surface area contributed by atoms with E-state index in [1.807, 2.05) is 55.1 Å². The van der Waals surface area contributed by atoms with Crippen molar-refractivity contribution < 1.29 is 4.79 Å². The minimum atomic E-state index is -0.698. The fraction of sp³-hybridized carbons (Fsp3) is 0.250. The maximum Gasteiger partial charge on any atom is 0.275 e. The minimum Gasteiger partial charge on any atom is -0.336 e. The van der Waals surface area contributed by atoms with Gasteiger partial charge in [0.15, 0.2) is 0 Å². The average Bonchev–Trinajstić information content (AvgIpc) is 2.85. The Balaban J connectivity index is 1.60. The van der Waals surface area contributed by atoms with E-state index in [9.17, 15) is 9.59 Å². The van der Waals surface area contributed by atoms with Crippen LogP contribution in [0, 0.1) is 13.8 Å². The fourth-order valence-electron chi connectivity index (χ4n) is 4.71. The summed E-state index contributed by atoms with van der Waals surface area (Å²) in [4.78, 5) is 28.8. The number of hydrogen-bond acceptors (Lipinski definition) is 3. The second-order valence-corrected chi connectivity index (χ2v) is 8.92. The van der Waals surface area contributed by atoms with Crippen molar-refractivity contribution in [2.45, 2.75) is 39.8 Å².